The number of methoxy groups -OCH3 is 1. The largest absolute Gasteiger partial charge is 0.493 e. The van der Waals surface area contributed by atoms with E-state index in [4.69, 9.17) is 37.2 Å². The minimum Gasteiger partial charge on any atom is -0.493 e. The van der Waals surface area contributed by atoms with Crippen LogP contribution in [-0.2, 0) is 16.5 Å². The van der Waals surface area contributed by atoms with Gasteiger partial charge < -0.3 is 9.47 Å². The maximum atomic E-state index is 9.19. The average molecular weight is 472 g/mol. The normalized spacial score (nSPS) is 16.8. The first-order valence-corrected chi connectivity index (χ1v) is 12.0. The van der Waals surface area contributed by atoms with Gasteiger partial charge in [0.1, 0.15) is 5.60 Å². The van der Waals surface area contributed by atoms with Crippen molar-refractivity contribution in [2.45, 2.75) is 37.7 Å². The van der Waals surface area contributed by atoms with E-state index in [0.717, 1.165) is 41.9 Å². The highest BCUT2D eigenvalue weighted by molar-refractivity contribution is 7.85. The number of halogens is 2. The van der Waals surface area contributed by atoms with Gasteiger partial charge >= 0.3 is 0 Å². The number of pyridine rings is 1. The van der Waals surface area contributed by atoms with Crippen LogP contribution in [-0.4, -0.2) is 36.9 Å². The summed E-state index contributed by atoms with van der Waals surface area (Å²) in [6, 6.07) is 4.02. The molecule has 1 spiro atoms. The smallest absolute Gasteiger partial charge is 0.261 e. The van der Waals surface area contributed by atoms with Gasteiger partial charge in [0, 0.05) is 29.9 Å². The number of fused-ring (bicyclic) bond motifs is 1. The lowest BCUT2D eigenvalue weighted by Gasteiger charge is -2.22. The first-order chi connectivity index (χ1) is 14.1. The summed E-state index contributed by atoms with van der Waals surface area (Å²) in [6.45, 7) is 0. The predicted octanol–water partition coefficient (Wildman–Crippen LogP) is 5.32. The molecule has 1 aromatic carbocycles. The Bertz CT molecular complexity index is 1040. The summed E-state index contributed by atoms with van der Waals surface area (Å²) in [5.41, 5.74) is 3.05. The van der Waals surface area contributed by atoms with Crippen LogP contribution in [0.25, 0.3) is 12.2 Å². The van der Waals surface area contributed by atoms with Gasteiger partial charge in [-0.3, -0.25) is 9.54 Å². The Morgan fingerprint density at radius 2 is 1.77 bits per heavy atom. The minimum absolute atomic E-state index is 0.0501. The first-order valence-electron chi connectivity index (χ1n) is 9.40. The average Bonchev–Trinajstić information content (AvgIpc) is 3.27. The summed E-state index contributed by atoms with van der Waals surface area (Å²) < 4.78 is 37.8. The summed E-state index contributed by atoms with van der Waals surface area (Å²) in [5, 5.41) is 1.08. The second kappa shape index (κ2) is 9.14. The number of ether oxygens (including phenoxy) is 2. The number of hydrogen-bond acceptors (Lipinski definition) is 5. The minimum atomic E-state index is -3.67. The molecule has 30 heavy (non-hydrogen) atoms. The van der Waals surface area contributed by atoms with Crippen molar-refractivity contribution < 1.29 is 22.4 Å². The third kappa shape index (κ3) is 5.46. The molecule has 1 N–H and O–H groups in total. The Balaban J connectivity index is 0.000000461. The fourth-order valence-electron chi connectivity index (χ4n) is 3.86. The van der Waals surface area contributed by atoms with Gasteiger partial charge in [-0.15, -0.1) is 0 Å². The second-order valence-corrected chi connectivity index (χ2v) is 9.70. The van der Waals surface area contributed by atoms with Crippen LogP contribution in [0.3, 0.4) is 0 Å². The fourth-order valence-corrected chi connectivity index (χ4v) is 4.35. The highest BCUT2D eigenvalue weighted by Crippen LogP contribution is 2.49. The van der Waals surface area contributed by atoms with E-state index in [1.807, 2.05) is 18.2 Å². The van der Waals surface area contributed by atoms with Crippen molar-refractivity contribution in [3.8, 4) is 11.5 Å². The van der Waals surface area contributed by atoms with Gasteiger partial charge in [0.2, 0.25) is 0 Å². The summed E-state index contributed by atoms with van der Waals surface area (Å²) in [5.74, 6) is 1.69. The van der Waals surface area contributed by atoms with E-state index >= 15 is 0 Å². The SMILES string of the molecule is COc1ccc(C=Cc2c(Cl)cncc2Cl)c2c1OC1(CCCC1)C2.CS(=O)(=O)O. The summed E-state index contributed by atoms with van der Waals surface area (Å²) in [6.07, 6.45) is 13.5. The molecule has 1 aliphatic heterocycles. The second-order valence-electron chi connectivity index (χ2n) is 7.42. The van der Waals surface area contributed by atoms with Crippen molar-refractivity contribution in [1.29, 1.82) is 0 Å². The fraction of sp³-hybridized carbons (Fsp3) is 0.381. The molecule has 2 heterocycles. The van der Waals surface area contributed by atoms with Crippen LogP contribution in [0.5, 0.6) is 11.5 Å². The molecule has 6 nitrogen and oxygen atoms in total. The molecule has 9 heteroatoms. The molecular weight excluding hydrogens is 449 g/mol. The number of benzene rings is 1. The third-order valence-corrected chi connectivity index (χ3v) is 5.74. The zero-order valence-electron chi connectivity index (χ0n) is 16.7. The van der Waals surface area contributed by atoms with Gasteiger partial charge in [0.25, 0.3) is 10.1 Å². The van der Waals surface area contributed by atoms with E-state index in [-0.39, 0.29) is 5.60 Å². The van der Waals surface area contributed by atoms with Crippen LogP contribution in [0.2, 0.25) is 10.0 Å². The molecule has 0 unspecified atom stereocenters. The van der Waals surface area contributed by atoms with E-state index in [1.165, 1.54) is 18.4 Å². The topological polar surface area (TPSA) is 85.7 Å². The highest BCUT2D eigenvalue weighted by Gasteiger charge is 2.43. The van der Waals surface area contributed by atoms with Crippen LogP contribution in [0.1, 0.15) is 42.4 Å². The number of nitrogens with zero attached hydrogens (tertiary/aromatic N) is 1. The number of aromatic nitrogens is 1. The maximum absolute atomic E-state index is 9.19. The Hall–Kier alpha value is -1.80. The van der Waals surface area contributed by atoms with Crippen molar-refractivity contribution in [3.05, 3.63) is 51.3 Å². The molecule has 0 bridgehead atoms. The van der Waals surface area contributed by atoms with E-state index in [0.29, 0.717) is 16.3 Å². The standard InChI is InChI=1S/C20H19Cl2NO2.CH4O3S/c1-24-18-7-5-13(4-6-14-16(21)11-23-12-17(14)22)15-10-20(25-19(15)18)8-2-3-9-20;1-5(2,3)4/h4-7,11-12H,2-3,8-10H2,1H3;1H3,(H,2,3,4). The van der Waals surface area contributed by atoms with Crippen LogP contribution in [0.15, 0.2) is 24.5 Å². The molecule has 162 valence electrons. The maximum Gasteiger partial charge on any atom is 0.261 e. The molecule has 1 saturated carbocycles. The number of hydrogen-bond donors (Lipinski definition) is 1. The zero-order chi connectivity index (χ0) is 21.9. The van der Waals surface area contributed by atoms with E-state index < -0.39 is 10.1 Å². The van der Waals surface area contributed by atoms with Gasteiger partial charge in [-0.25, -0.2) is 0 Å². The van der Waals surface area contributed by atoms with E-state index in [2.05, 4.69) is 11.1 Å². The van der Waals surface area contributed by atoms with E-state index in [9.17, 15) is 8.42 Å². The van der Waals surface area contributed by atoms with Crippen LogP contribution >= 0.6 is 23.2 Å². The summed E-state index contributed by atoms with van der Waals surface area (Å²) in [7, 11) is -1.98. The molecule has 2 aromatic rings. The third-order valence-electron chi connectivity index (χ3n) is 5.13. The van der Waals surface area contributed by atoms with Gasteiger partial charge in [-0.1, -0.05) is 41.4 Å². The summed E-state index contributed by atoms with van der Waals surface area (Å²) in [4.78, 5) is 3.99. The molecule has 1 aromatic heterocycles. The van der Waals surface area contributed by atoms with Gasteiger partial charge in [-0.2, -0.15) is 8.42 Å². The molecule has 0 saturated heterocycles. The molecule has 0 radical (unpaired) electrons. The van der Waals surface area contributed by atoms with Crippen LogP contribution < -0.4 is 9.47 Å². The molecule has 1 aliphatic carbocycles. The van der Waals surface area contributed by atoms with Crippen molar-refractivity contribution in [3.63, 3.8) is 0 Å². The van der Waals surface area contributed by atoms with Crippen molar-refractivity contribution >= 4 is 45.5 Å². The quantitative estimate of drug-likeness (QED) is 0.609. The summed E-state index contributed by atoms with van der Waals surface area (Å²) >= 11 is 12.4. The Morgan fingerprint density at radius 1 is 1.17 bits per heavy atom. The molecular formula is C21H23Cl2NO5S. The molecule has 4 rings (SSSR count). The molecule has 0 amide bonds. The lowest BCUT2D eigenvalue weighted by molar-refractivity contribution is 0.0996. The van der Waals surface area contributed by atoms with E-state index in [1.54, 1.807) is 19.5 Å². The van der Waals surface area contributed by atoms with Gasteiger partial charge in [-0.05, 0) is 37.3 Å². The van der Waals surface area contributed by atoms with Crippen LogP contribution in [0, 0.1) is 0 Å². The lowest BCUT2D eigenvalue weighted by atomic mass is 9.92. The Morgan fingerprint density at radius 3 is 2.33 bits per heavy atom. The molecule has 1 fully saturated rings. The molecule has 0 atom stereocenters. The predicted molar refractivity (Wildman–Crippen MR) is 119 cm³/mol. The van der Waals surface area contributed by atoms with Crippen molar-refractivity contribution in [2.75, 3.05) is 13.4 Å². The van der Waals surface area contributed by atoms with Gasteiger partial charge in [0.15, 0.2) is 11.5 Å². The lowest BCUT2D eigenvalue weighted by Crippen LogP contribution is -2.30. The van der Waals surface area contributed by atoms with Crippen molar-refractivity contribution in [2.24, 2.45) is 0 Å². The Kier molecular flexibility index (Phi) is 6.97. The molecule has 2 aliphatic rings. The first kappa shape index (κ1) is 22.9. The number of rotatable bonds is 3. The highest BCUT2D eigenvalue weighted by atomic mass is 35.5. The zero-order valence-corrected chi connectivity index (χ0v) is 19.0. The van der Waals surface area contributed by atoms with Crippen LogP contribution in [0.4, 0.5) is 0 Å². The van der Waals surface area contributed by atoms with Gasteiger partial charge in [0.05, 0.1) is 23.4 Å². The Labute approximate surface area is 186 Å². The monoisotopic (exact) mass is 471 g/mol. The van der Waals surface area contributed by atoms with Crippen molar-refractivity contribution in [1.82, 2.24) is 4.98 Å².